The van der Waals surface area contributed by atoms with Crippen molar-refractivity contribution in [3.63, 3.8) is 0 Å². The van der Waals surface area contributed by atoms with Crippen LogP contribution in [0.25, 0.3) is 5.69 Å². The summed E-state index contributed by atoms with van der Waals surface area (Å²) >= 11 is 5.98. The second kappa shape index (κ2) is 7.29. The number of carbonyl (C=O) groups excluding carboxylic acids is 1. The van der Waals surface area contributed by atoms with Gasteiger partial charge in [0.05, 0.1) is 17.8 Å². The van der Waals surface area contributed by atoms with Gasteiger partial charge in [0.2, 0.25) is 5.91 Å². The van der Waals surface area contributed by atoms with E-state index in [0.717, 1.165) is 5.69 Å². The number of amidine groups is 1. The van der Waals surface area contributed by atoms with Gasteiger partial charge in [-0.15, -0.1) is 0 Å². The molecule has 1 aromatic heterocycles. The summed E-state index contributed by atoms with van der Waals surface area (Å²) in [5.74, 6) is -1.37. The number of nitrogens with two attached hydrogens (primary N) is 1. The Bertz CT molecular complexity index is 878. The van der Waals surface area contributed by atoms with Gasteiger partial charge in [-0.1, -0.05) is 17.7 Å². The highest BCUT2D eigenvalue weighted by atomic mass is 35.5. The van der Waals surface area contributed by atoms with Crippen LogP contribution >= 0.6 is 11.6 Å². The number of allylic oxidation sites excluding steroid dienone is 1. The summed E-state index contributed by atoms with van der Waals surface area (Å²) in [6.07, 6.45) is 4.07. The lowest BCUT2D eigenvalue weighted by Crippen LogP contribution is -2.32. The molecule has 1 amide bonds. The van der Waals surface area contributed by atoms with Crippen LogP contribution in [0.15, 0.2) is 48.4 Å². The number of carbonyl (C=O) groups is 1. The summed E-state index contributed by atoms with van der Waals surface area (Å²) in [6.45, 7) is 1.72. The number of benzene rings is 1. The minimum absolute atomic E-state index is 0.152. The molecule has 8 heteroatoms. The number of nitrogens with one attached hydrogen (secondary N) is 2. The Morgan fingerprint density at radius 2 is 2.31 bits per heavy atom. The Morgan fingerprint density at radius 3 is 2.96 bits per heavy atom. The summed E-state index contributed by atoms with van der Waals surface area (Å²) in [7, 11) is 0. The van der Waals surface area contributed by atoms with Crippen molar-refractivity contribution < 1.29 is 9.18 Å². The quantitative estimate of drug-likeness (QED) is 0.553. The fourth-order valence-electron chi connectivity index (χ4n) is 2.53. The van der Waals surface area contributed by atoms with Crippen LogP contribution in [-0.2, 0) is 4.79 Å². The third-order valence-corrected chi connectivity index (χ3v) is 4.51. The molecule has 26 heavy (non-hydrogen) atoms. The SMILES string of the molecule is C[C@@H](C(=O)NC(=N)/C=C(\N)[C@H]1C[C@@H]1F)c1cnn(-c2cccc(Cl)c2)c1. The van der Waals surface area contributed by atoms with Gasteiger partial charge in [-0.25, -0.2) is 9.07 Å². The highest BCUT2D eigenvalue weighted by molar-refractivity contribution is 6.30. The van der Waals surface area contributed by atoms with E-state index in [4.69, 9.17) is 22.7 Å². The predicted octanol–water partition coefficient (Wildman–Crippen LogP) is 2.92. The van der Waals surface area contributed by atoms with E-state index in [0.29, 0.717) is 17.0 Å². The average molecular weight is 376 g/mol. The summed E-state index contributed by atoms with van der Waals surface area (Å²) in [5, 5.41) is 15.1. The Labute approximate surface area is 155 Å². The van der Waals surface area contributed by atoms with E-state index in [1.807, 2.05) is 12.1 Å². The van der Waals surface area contributed by atoms with Gasteiger partial charge in [-0.2, -0.15) is 5.10 Å². The lowest BCUT2D eigenvalue weighted by atomic mass is 10.0. The first-order chi connectivity index (χ1) is 12.3. The highest BCUT2D eigenvalue weighted by Gasteiger charge is 2.39. The lowest BCUT2D eigenvalue weighted by molar-refractivity contribution is -0.120. The maximum absolute atomic E-state index is 13.0. The zero-order chi connectivity index (χ0) is 18.8. The van der Waals surface area contributed by atoms with E-state index in [-0.39, 0.29) is 23.4 Å². The lowest BCUT2D eigenvalue weighted by Gasteiger charge is -2.10. The van der Waals surface area contributed by atoms with Gasteiger partial charge in [0.15, 0.2) is 0 Å². The molecular weight excluding hydrogens is 357 g/mol. The van der Waals surface area contributed by atoms with Gasteiger partial charge in [-0.05, 0) is 37.6 Å². The van der Waals surface area contributed by atoms with Gasteiger partial charge in [-0.3, -0.25) is 10.2 Å². The van der Waals surface area contributed by atoms with Gasteiger partial charge >= 0.3 is 0 Å². The van der Waals surface area contributed by atoms with E-state index >= 15 is 0 Å². The zero-order valence-electron chi connectivity index (χ0n) is 14.1. The van der Waals surface area contributed by atoms with Crippen molar-refractivity contribution >= 4 is 23.3 Å². The zero-order valence-corrected chi connectivity index (χ0v) is 14.9. The van der Waals surface area contributed by atoms with Crippen molar-refractivity contribution in [3.05, 3.63) is 59.0 Å². The molecule has 0 unspecified atom stereocenters. The molecule has 1 heterocycles. The number of rotatable bonds is 5. The van der Waals surface area contributed by atoms with Crippen molar-refractivity contribution in [1.82, 2.24) is 15.1 Å². The van der Waals surface area contributed by atoms with E-state index in [1.165, 1.54) is 6.08 Å². The number of halogens is 2. The maximum atomic E-state index is 13.0. The molecule has 1 aromatic carbocycles. The van der Waals surface area contributed by atoms with Crippen molar-refractivity contribution in [2.75, 3.05) is 0 Å². The Balaban J connectivity index is 1.64. The Kier molecular flexibility index (Phi) is 5.08. The van der Waals surface area contributed by atoms with Crippen molar-refractivity contribution in [2.45, 2.75) is 25.4 Å². The maximum Gasteiger partial charge on any atom is 0.232 e. The van der Waals surface area contributed by atoms with Gasteiger partial charge in [0, 0.05) is 28.4 Å². The second-order valence-corrected chi connectivity index (χ2v) is 6.76. The average Bonchev–Trinajstić information content (AvgIpc) is 3.13. The van der Waals surface area contributed by atoms with Crippen LogP contribution in [0.2, 0.25) is 5.02 Å². The first-order valence-corrected chi connectivity index (χ1v) is 8.54. The summed E-state index contributed by atoms with van der Waals surface area (Å²) in [6, 6.07) is 7.20. The summed E-state index contributed by atoms with van der Waals surface area (Å²) < 4.78 is 14.6. The first-order valence-electron chi connectivity index (χ1n) is 8.16. The fourth-order valence-corrected chi connectivity index (χ4v) is 2.72. The number of hydrogen-bond donors (Lipinski definition) is 3. The predicted molar refractivity (Wildman–Crippen MR) is 98.1 cm³/mol. The molecule has 1 aliphatic rings. The van der Waals surface area contributed by atoms with Crippen molar-refractivity contribution in [2.24, 2.45) is 11.7 Å². The summed E-state index contributed by atoms with van der Waals surface area (Å²) in [5.41, 5.74) is 7.47. The molecule has 0 bridgehead atoms. The van der Waals surface area contributed by atoms with E-state index in [2.05, 4.69) is 10.4 Å². The number of aromatic nitrogens is 2. The molecule has 3 atom stereocenters. The molecule has 0 aliphatic heterocycles. The van der Waals surface area contributed by atoms with Crippen LogP contribution in [0.4, 0.5) is 4.39 Å². The van der Waals surface area contributed by atoms with E-state index in [9.17, 15) is 9.18 Å². The Morgan fingerprint density at radius 1 is 1.58 bits per heavy atom. The Hall–Kier alpha value is -2.67. The molecule has 4 N–H and O–H groups in total. The van der Waals surface area contributed by atoms with Crippen LogP contribution in [0, 0.1) is 11.3 Å². The number of amides is 1. The molecule has 1 fully saturated rings. The fraction of sp³-hybridized carbons (Fsp3) is 0.278. The number of alkyl halides is 1. The molecular formula is C18H19ClFN5O. The molecule has 136 valence electrons. The summed E-state index contributed by atoms with van der Waals surface area (Å²) in [4.78, 5) is 12.3. The van der Waals surface area contributed by atoms with Gasteiger partial charge < -0.3 is 11.1 Å². The largest absolute Gasteiger partial charge is 0.402 e. The smallest absolute Gasteiger partial charge is 0.232 e. The molecule has 0 radical (unpaired) electrons. The van der Waals surface area contributed by atoms with Crippen LogP contribution in [0.1, 0.15) is 24.8 Å². The molecule has 3 rings (SSSR count). The van der Waals surface area contributed by atoms with E-state index < -0.39 is 12.1 Å². The topological polar surface area (TPSA) is 96.8 Å². The number of nitrogens with zero attached hydrogens (tertiary/aromatic N) is 2. The third-order valence-electron chi connectivity index (χ3n) is 4.28. The standard InChI is InChI=1S/C18H19ClFN5O/c1-10(18(26)24-17(22)7-16(21)14-6-15(14)20)11-8-23-25(9-11)13-4-2-3-12(19)5-13/h2-5,7-10,14-15H,6,21H2,1H3,(H2,22,24,26)/b16-7-/t10-,14+,15+/m1/s1. The minimum atomic E-state index is -0.939. The molecule has 0 saturated heterocycles. The van der Waals surface area contributed by atoms with Gasteiger partial charge in [0.25, 0.3) is 0 Å². The van der Waals surface area contributed by atoms with Crippen LogP contribution in [0.3, 0.4) is 0 Å². The van der Waals surface area contributed by atoms with Crippen LogP contribution in [0.5, 0.6) is 0 Å². The van der Waals surface area contributed by atoms with Crippen molar-refractivity contribution in [1.29, 1.82) is 5.41 Å². The third kappa shape index (κ3) is 4.11. The van der Waals surface area contributed by atoms with Gasteiger partial charge in [0.1, 0.15) is 12.0 Å². The van der Waals surface area contributed by atoms with Crippen LogP contribution in [-0.4, -0.2) is 27.7 Å². The minimum Gasteiger partial charge on any atom is -0.402 e. The highest BCUT2D eigenvalue weighted by Crippen LogP contribution is 2.37. The second-order valence-electron chi connectivity index (χ2n) is 6.33. The molecule has 1 saturated carbocycles. The normalized spacial score (nSPS) is 20.5. The molecule has 6 nitrogen and oxygen atoms in total. The monoisotopic (exact) mass is 375 g/mol. The first kappa shape index (κ1) is 18.1. The molecule has 1 aliphatic carbocycles. The molecule has 0 spiro atoms. The molecule has 2 aromatic rings. The van der Waals surface area contributed by atoms with E-state index in [1.54, 1.807) is 36.1 Å². The van der Waals surface area contributed by atoms with Crippen molar-refractivity contribution in [3.8, 4) is 5.69 Å². The number of hydrogen-bond acceptors (Lipinski definition) is 4. The van der Waals surface area contributed by atoms with Crippen LogP contribution < -0.4 is 11.1 Å².